The van der Waals surface area contributed by atoms with Gasteiger partial charge in [-0.05, 0) is 6.92 Å². The maximum Gasteiger partial charge on any atom is 0.239 e. The minimum absolute atomic E-state index is 0.178. The highest BCUT2D eigenvalue weighted by Crippen LogP contribution is 2.00. The molecule has 0 saturated carbocycles. The van der Waals surface area contributed by atoms with Gasteiger partial charge in [-0.25, -0.2) is 9.97 Å². The molecule has 1 N–H and O–H groups in total. The zero-order chi connectivity index (χ0) is 9.68. The van der Waals surface area contributed by atoms with Crippen LogP contribution in [0.3, 0.4) is 0 Å². The molecule has 0 bridgehead atoms. The van der Waals surface area contributed by atoms with Crippen molar-refractivity contribution in [1.29, 1.82) is 5.26 Å². The van der Waals surface area contributed by atoms with E-state index in [2.05, 4.69) is 21.5 Å². The predicted octanol–water partition coefficient (Wildman–Crippen LogP) is 0.437. The van der Waals surface area contributed by atoms with Gasteiger partial charge in [0.25, 0.3) is 0 Å². The predicted molar refractivity (Wildman–Crippen MR) is 44.5 cm³/mol. The second-order valence-corrected chi connectivity index (χ2v) is 2.31. The summed E-state index contributed by atoms with van der Waals surface area (Å²) in [6.45, 7) is 1.69. The number of nitriles is 1. The van der Waals surface area contributed by atoms with Gasteiger partial charge in [-0.2, -0.15) is 5.26 Å². The molecule has 1 heterocycles. The fourth-order valence-corrected chi connectivity index (χ4v) is 0.741. The average molecular weight is 175 g/mol. The van der Waals surface area contributed by atoms with Gasteiger partial charge in [-0.15, -0.1) is 0 Å². The Morgan fingerprint density at radius 3 is 3.23 bits per heavy atom. The lowest BCUT2D eigenvalue weighted by Gasteiger charge is -2.00. The van der Waals surface area contributed by atoms with E-state index in [1.54, 1.807) is 13.0 Å². The number of amides is 1. The standard InChI is InChI=1S/C8H7N4O/c1-6-10-5-3-7(11-6)12-8(13)2-4-9/h3H,2H2,1H3,(H,10,11,12,13). The quantitative estimate of drug-likeness (QED) is 0.707. The van der Waals surface area contributed by atoms with Crippen LogP contribution < -0.4 is 5.32 Å². The number of hydrogen-bond acceptors (Lipinski definition) is 4. The van der Waals surface area contributed by atoms with E-state index in [0.29, 0.717) is 11.6 Å². The van der Waals surface area contributed by atoms with Gasteiger partial charge in [-0.3, -0.25) is 4.79 Å². The lowest BCUT2D eigenvalue weighted by molar-refractivity contribution is -0.115. The molecule has 1 amide bonds. The first-order chi connectivity index (χ1) is 6.22. The first-order valence-corrected chi connectivity index (χ1v) is 3.61. The van der Waals surface area contributed by atoms with E-state index in [9.17, 15) is 4.79 Å². The SMILES string of the molecule is Cc1n[c]cc(NC(=O)CC#N)n1. The van der Waals surface area contributed by atoms with Gasteiger partial charge in [0.05, 0.1) is 12.3 Å². The first-order valence-electron chi connectivity index (χ1n) is 3.61. The van der Waals surface area contributed by atoms with E-state index >= 15 is 0 Å². The zero-order valence-electron chi connectivity index (χ0n) is 7.03. The molecule has 0 aromatic carbocycles. The van der Waals surface area contributed by atoms with Gasteiger partial charge in [-0.1, -0.05) is 0 Å². The Hall–Kier alpha value is -1.96. The Morgan fingerprint density at radius 2 is 2.62 bits per heavy atom. The zero-order valence-corrected chi connectivity index (χ0v) is 7.03. The molecule has 5 nitrogen and oxygen atoms in total. The van der Waals surface area contributed by atoms with Gasteiger partial charge in [0.15, 0.2) is 0 Å². The largest absolute Gasteiger partial charge is 0.310 e. The third-order valence-electron chi connectivity index (χ3n) is 1.22. The van der Waals surface area contributed by atoms with Crippen LogP contribution in [0.1, 0.15) is 12.2 Å². The van der Waals surface area contributed by atoms with Crippen molar-refractivity contribution in [2.45, 2.75) is 13.3 Å². The van der Waals surface area contributed by atoms with Crippen molar-refractivity contribution in [3.63, 3.8) is 0 Å². The molecule has 0 fully saturated rings. The van der Waals surface area contributed by atoms with Crippen molar-refractivity contribution in [1.82, 2.24) is 9.97 Å². The minimum Gasteiger partial charge on any atom is -0.310 e. The highest BCUT2D eigenvalue weighted by Gasteiger charge is 2.01. The van der Waals surface area contributed by atoms with E-state index < -0.39 is 0 Å². The lowest BCUT2D eigenvalue weighted by atomic mass is 10.4. The molecule has 0 atom stereocenters. The monoisotopic (exact) mass is 175 g/mol. The number of hydrogen-bond donors (Lipinski definition) is 1. The van der Waals surface area contributed by atoms with E-state index in [1.165, 1.54) is 6.07 Å². The maximum absolute atomic E-state index is 10.9. The maximum atomic E-state index is 10.9. The Bertz CT molecular complexity index is 355. The van der Waals surface area contributed by atoms with Crippen LogP contribution in [-0.2, 0) is 4.79 Å². The van der Waals surface area contributed by atoms with Crippen LogP contribution >= 0.6 is 0 Å². The lowest BCUT2D eigenvalue weighted by Crippen LogP contribution is -2.11. The number of rotatable bonds is 2. The molecule has 5 heteroatoms. The van der Waals surface area contributed by atoms with Gasteiger partial charge in [0.1, 0.15) is 18.1 Å². The van der Waals surface area contributed by atoms with Gasteiger partial charge in [0, 0.05) is 6.07 Å². The number of carbonyl (C=O) groups excluding carboxylic acids is 1. The molecular formula is C8H7N4O. The first kappa shape index (κ1) is 9.13. The fourth-order valence-electron chi connectivity index (χ4n) is 0.741. The molecule has 0 aliphatic rings. The van der Waals surface area contributed by atoms with Gasteiger partial charge < -0.3 is 5.32 Å². The molecule has 1 aromatic rings. The number of anilines is 1. The molecule has 0 spiro atoms. The highest BCUT2D eigenvalue weighted by molar-refractivity contribution is 5.90. The summed E-state index contributed by atoms with van der Waals surface area (Å²) >= 11 is 0. The number of nitrogens with one attached hydrogen (secondary N) is 1. The fraction of sp³-hybridized carbons (Fsp3) is 0.250. The smallest absolute Gasteiger partial charge is 0.239 e. The molecule has 1 radical (unpaired) electrons. The Kier molecular flexibility index (Phi) is 2.92. The minimum atomic E-state index is -0.381. The van der Waals surface area contributed by atoms with Crippen molar-refractivity contribution in [3.05, 3.63) is 18.1 Å². The van der Waals surface area contributed by atoms with Crippen LogP contribution in [0.4, 0.5) is 5.82 Å². The second kappa shape index (κ2) is 4.16. The van der Waals surface area contributed by atoms with Gasteiger partial charge in [0.2, 0.25) is 5.91 Å². The Balaban J connectivity index is 2.65. The summed E-state index contributed by atoms with van der Waals surface area (Å²) in [7, 11) is 0. The molecule has 0 unspecified atom stereocenters. The van der Waals surface area contributed by atoms with Crippen molar-refractivity contribution in [3.8, 4) is 6.07 Å². The molecule has 0 saturated heterocycles. The van der Waals surface area contributed by atoms with Crippen molar-refractivity contribution >= 4 is 11.7 Å². The summed E-state index contributed by atoms with van der Waals surface area (Å²) in [5.41, 5.74) is 0. The Labute approximate surface area is 75.4 Å². The number of aromatic nitrogens is 2. The van der Waals surface area contributed by atoms with E-state index in [1.807, 2.05) is 0 Å². The number of aryl methyl sites for hydroxylation is 1. The van der Waals surface area contributed by atoms with Crippen LogP contribution in [0, 0.1) is 24.5 Å². The van der Waals surface area contributed by atoms with Crippen LogP contribution in [-0.4, -0.2) is 15.9 Å². The van der Waals surface area contributed by atoms with Crippen LogP contribution in [0.15, 0.2) is 6.07 Å². The van der Waals surface area contributed by atoms with Crippen molar-refractivity contribution < 1.29 is 4.79 Å². The second-order valence-electron chi connectivity index (χ2n) is 2.31. The molecule has 1 aromatic heterocycles. The normalized spacial score (nSPS) is 8.92. The van der Waals surface area contributed by atoms with Gasteiger partial charge >= 0.3 is 0 Å². The van der Waals surface area contributed by atoms with Crippen molar-refractivity contribution in [2.24, 2.45) is 0 Å². The summed E-state index contributed by atoms with van der Waals surface area (Å²) in [4.78, 5) is 18.6. The number of nitrogens with zero attached hydrogens (tertiary/aromatic N) is 3. The molecule has 0 aliphatic heterocycles. The summed E-state index contributed by atoms with van der Waals surface area (Å²) < 4.78 is 0. The average Bonchev–Trinajstić information content (AvgIpc) is 2.04. The van der Waals surface area contributed by atoms with Crippen LogP contribution in [0.25, 0.3) is 0 Å². The summed E-state index contributed by atoms with van der Waals surface area (Å²) in [5.74, 6) is 0.511. The number of carbonyl (C=O) groups is 1. The molecule has 13 heavy (non-hydrogen) atoms. The Morgan fingerprint density at radius 1 is 1.85 bits per heavy atom. The molecule has 1 rings (SSSR count). The molecule has 65 valence electrons. The molecular weight excluding hydrogens is 168 g/mol. The van der Waals surface area contributed by atoms with Crippen LogP contribution in [0.5, 0.6) is 0 Å². The topological polar surface area (TPSA) is 78.7 Å². The summed E-state index contributed by atoms with van der Waals surface area (Å²) in [5, 5.41) is 10.7. The van der Waals surface area contributed by atoms with E-state index in [4.69, 9.17) is 5.26 Å². The van der Waals surface area contributed by atoms with E-state index in [0.717, 1.165) is 0 Å². The third kappa shape index (κ3) is 2.87. The summed E-state index contributed by atoms with van der Waals surface area (Å²) in [6.07, 6.45) is 2.39. The van der Waals surface area contributed by atoms with Crippen molar-refractivity contribution in [2.75, 3.05) is 5.32 Å². The highest BCUT2D eigenvalue weighted by atomic mass is 16.1. The summed E-state index contributed by atoms with van der Waals surface area (Å²) in [6, 6.07) is 3.18. The molecule has 0 aliphatic carbocycles. The third-order valence-corrected chi connectivity index (χ3v) is 1.22. The van der Waals surface area contributed by atoms with Crippen LogP contribution in [0.2, 0.25) is 0 Å². The van der Waals surface area contributed by atoms with E-state index in [-0.39, 0.29) is 12.3 Å².